The van der Waals surface area contributed by atoms with Gasteiger partial charge in [-0.3, -0.25) is 0 Å². The van der Waals surface area contributed by atoms with Gasteiger partial charge in [0, 0.05) is 6.04 Å². The summed E-state index contributed by atoms with van der Waals surface area (Å²) >= 11 is 0. The Morgan fingerprint density at radius 1 is 1.32 bits per heavy atom. The number of rotatable bonds is 3. The van der Waals surface area contributed by atoms with Gasteiger partial charge in [0.15, 0.2) is 5.65 Å². The number of fused-ring (bicyclic) bond motifs is 3. The Balaban J connectivity index is 1.50. The SMILES string of the molecule is C[C@H](Nc1ccc2nnnn2n1)[C@H]1C[C@H]2CC[C@H]1C2. The van der Waals surface area contributed by atoms with Crippen molar-refractivity contribution in [3.8, 4) is 0 Å². The molecule has 4 rings (SSSR count). The summed E-state index contributed by atoms with van der Waals surface area (Å²) in [5, 5.41) is 19.2. The first-order valence-corrected chi connectivity index (χ1v) is 7.11. The van der Waals surface area contributed by atoms with Crippen LogP contribution in [0.1, 0.15) is 32.6 Å². The molecule has 2 aliphatic carbocycles. The van der Waals surface area contributed by atoms with Gasteiger partial charge in [-0.15, -0.1) is 14.8 Å². The standard InChI is InChI=1S/C13H18N6/c1-8(11-7-9-2-3-10(11)6-9)14-12-4-5-13-15-17-18-19(13)16-12/h4-5,8-11H,2-3,6-7H2,1H3,(H,14,16)/t8-,9-,10-,11+/m0/s1. The van der Waals surface area contributed by atoms with Crippen LogP contribution in [-0.4, -0.2) is 31.3 Å². The fourth-order valence-corrected chi connectivity index (χ4v) is 3.97. The third-order valence-corrected chi connectivity index (χ3v) is 4.88. The molecule has 0 saturated heterocycles. The molecule has 2 aromatic rings. The maximum absolute atomic E-state index is 4.38. The summed E-state index contributed by atoms with van der Waals surface area (Å²) in [4.78, 5) is 0. The maximum atomic E-state index is 4.38. The maximum Gasteiger partial charge on any atom is 0.200 e. The van der Waals surface area contributed by atoms with Crippen molar-refractivity contribution in [1.82, 2.24) is 25.3 Å². The van der Waals surface area contributed by atoms with Crippen molar-refractivity contribution in [2.24, 2.45) is 17.8 Å². The highest BCUT2D eigenvalue weighted by atomic mass is 15.6. The predicted molar refractivity (Wildman–Crippen MR) is 70.6 cm³/mol. The summed E-state index contributed by atoms with van der Waals surface area (Å²) in [5.74, 6) is 3.55. The summed E-state index contributed by atoms with van der Waals surface area (Å²) in [5.41, 5.74) is 0.679. The fourth-order valence-electron chi connectivity index (χ4n) is 3.97. The third-order valence-electron chi connectivity index (χ3n) is 4.88. The first kappa shape index (κ1) is 11.1. The third kappa shape index (κ3) is 1.86. The normalized spacial score (nSPS) is 30.9. The topological polar surface area (TPSA) is 68.0 Å². The molecule has 0 unspecified atom stereocenters. The summed E-state index contributed by atoms with van der Waals surface area (Å²) in [7, 11) is 0. The van der Waals surface area contributed by atoms with E-state index in [1.54, 1.807) is 0 Å². The van der Waals surface area contributed by atoms with Gasteiger partial charge in [0.1, 0.15) is 5.82 Å². The van der Waals surface area contributed by atoms with Gasteiger partial charge >= 0.3 is 0 Å². The second-order valence-electron chi connectivity index (χ2n) is 6.02. The molecule has 0 aromatic carbocycles. The molecule has 4 atom stereocenters. The number of aromatic nitrogens is 5. The van der Waals surface area contributed by atoms with Gasteiger partial charge in [0.25, 0.3) is 0 Å². The first-order chi connectivity index (χ1) is 9.29. The van der Waals surface area contributed by atoms with E-state index in [1.807, 2.05) is 12.1 Å². The van der Waals surface area contributed by atoms with E-state index < -0.39 is 0 Å². The van der Waals surface area contributed by atoms with Crippen molar-refractivity contribution in [1.29, 1.82) is 0 Å². The molecule has 2 heterocycles. The van der Waals surface area contributed by atoms with Crippen LogP contribution in [0.3, 0.4) is 0 Å². The number of tetrazole rings is 1. The highest BCUT2D eigenvalue weighted by Gasteiger charge is 2.41. The average Bonchev–Trinajstić information content (AvgIpc) is 3.13. The lowest BCUT2D eigenvalue weighted by atomic mass is 9.84. The van der Waals surface area contributed by atoms with E-state index in [1.165, 1.54) is 30.3 Å². The van der Waals surface area contributed by atoms with Gasteiger partial charge in [0.2, 0.25) is 0 Å². The van der Waals surface area contributed by atoms with Crippen molar-refractivity contribution in [3.63, 3.8) is 0 Å². The molecule has 6 heteroatoms. The Morgan fingerprint density at radius 2 is 2.26 bits per heavy atom. The molecule has 2 aromatic heterocycles. The number of hydrogen-bond donors (Lipinski definition) is 1. The number of anilines is 1. The summed E-state index contributed by atoms with van der Waals surface area (Å²) in [6.45, 7) is 2.27. The van der Waals surface area contributed by atoms with Crippen molar-refractivity contribution in [2.75, 3.05) is 5.32 Å². The molecule has 0 amide bonds. The highest BCUT2D eigenvalue weighted by molar-refractivity contribution is 5.42. The van der Waals surface area contributed by atoms with Crippen LogP contribution in [0.15, 0.2) is 12.1 Å². The van der Waals surface area contributed by atoms with E-state index in [9.17, 15) is 0 Å². The largest absolute Gasteiger partial charge is 0.366 e. The lowest BCUT2D eigenvalue weighted by Gasteiger charge is -2.28. The van der Waals surface area contributed by atoms with Crippen LogP contribution >= 0.6 is 0 Å². The molecule has 2 aliphatic rings. The Labute approximate surface area is 111 Å². The quantitative estimate of drug-likeness (QED) is 0.908. The van der Waals surface area contributed by atoms with E-state index in [4.69, 9.17) is 0 Å². The summed E-state index contributed by atoms with van der Waals surface area (Å²) in [6.07, 6.45) is 5.69. The second-order valence-corrected chi connectivity index (χ2v) is 6.02. The van der Waals surface area contributed by atoms with Crippen LogP contribution in [0.2, 0.25) is 0 Å². The van der Waals surface area contributed by atoms with E-state index in [2.05, 4.69) is 32.9 Å². The van der Waals surface area contributed by atoms with Crippen LogP contribution in [0, 0.1) is 17.8 Å². The van der Waals surface area contributed by atoms with E-state index in [-0.39, 0.29) is 0 Å². The van der Waals surface area contributed by atoms with Gasteiger partial charge in [-0.05, 0) is 66.5 Å². The molecule has 2 saturated carbocycles. The molecule has 0 aliphatic heterocycles. The predicted octanol–water partition coefficient (Wildman–Crippen LogP) is 1.76. The van der Waals surface area contributed by atoms with Gasteiger partial charge in [-0.1, -0.05) is 6.42 Å². The fraction of sp³-hybridized carbons (Fsp3) is 0.692. The van der Waals surface area contributed by atoms with E-state index in [0.29, 0.717) is 11.7 Å². The number of nitrogens with one attached hydrogen (secondary N) is 1. The Morgan fingerprint density at radius 3 is 3.05 bits per heavy atom. The van der Waals surface area contributed by atoms with Crippen LogP contribution in [-0.2, 0) is 0 Å². The van der Waals surface area contributed by atoms with Gasteiger partial charge in [-0.2, -0.15) is 0 Å². The van der Waals surface area contributed by atoms with E-state index >= 15 is 0 Å². The zero-order valence-electron chi connectivity index (χ0n) is 11.0. The van der Waals surface area contributed by atoms with Gasteiger partial charge < -0.3 is 5.32 Å². The number of nitrogens with zero attached hydrogens (tertiary/aromatic N) is 5. The molecule has 19 heavy (non-hydrogen) atoms. The molecular formula is C13H18N6. The molecule has 0 spiro atoms. The molecule has 6 nitrogen and oxygen atoms in total. The lowest BCUT2D eigenvalue weighted by Crippen LogP contribution is -2.30. The zero-order chi connectivity index (χ0) is 12.8. The summed E-state index contributed by atoms with van der Waals surface area (Å²) in [6, 6.07) is 4.31. The molecule has 2 fully saturated rings. The highest BCUT2D eigenvalue weighted by Crippen LogP contribution is 2.49. The first-order valence-electron chi connectivity index (χ1n) is 7.11. The molecule has 1 N–H and O–H groups in total. The minimum absolute atomic E-state index is 0.469. The van der Waals surface area contributed by atoms with E-state index in [0.717, 1.165) is 23.6 Å². The Bertz CT molecular complexity index is 594. The lowest BCUT2D eigenvalue weighted by molar-refractivity contribution is 0.303. The van der Waals surface area contributed by atoms with Crippen molar-refractivity contribution < 1.29 is 0 Å². The Hall–Kier alpha value is -1.72. The minimum Gasteiger partial charge on any atom is -0.366 e. The van der Waals surface area contributed by atoms with Crippen molar-refractivity contribution >= 4 is 11.5 Å². The van der Waals surface area contributed by atoms with Crippen molar-refractivity contribution in [2.45, 2.75) is 38.6 Å². The monoisotopic (exact) mass is 258 g/mol. The second kappa shape index (κ2) is 4.15. The molecule has 100 valence electrons. The smallest absolute Gasteiger partial charge is 0.200 e. The zero-order valence-corrected chi connectivity index (χ0v) is 11.0. The van der Waals surface area contributed by atoms with Crippen molar-refractivity contribution in [3.05, 3.63) is 12.1 Å². The minimum atomic E-state index is 0.469. The van der Waals surface area contributed by atoms with Crippen LogP contribution < -0.4 is 5.32 Å². The van der Waals surface area contributed by atoms with Gasteiger partial charge in [0.05, 0.1) is 0 Å². The average molecular weight is 258 g/mol. The van der Waals surface area contributed by atoms with Crippen LogP contribution in [0.25, 0.3) is 5.65 Å². The van der Waals surface area contributed by atoms with Crippen LogP contribution in [0.5, 0.6) is 0 Å². The number of hydrogen-bond acceptors (Lipinski definition) is 5. The van der Waals surface area contributed by atoms with Gasteiger partial charge in [-0.25, -0.2) is 0 Å². The molecule has 0 radical (unpaired) electrons. The molecular weight excluding hydrogens is 240 g/mol. The molecule has 2 bridgehead atoms. The van der Waals surface area contributed by atoms with Crippen LogP contribution in [0.4, 0.5) is 5.82 Å². The Kier molecular flexibility index (Phi) is 2.43. The summed E-state index contributed by atoms with van der Waals surface area (Å²) < 4.78 is 1.47.